The highest BCUT2D eigenvalue weighted by atomic mass is 32.2. The normalized spacial score (nSPS) is 10.8. The third-order valence-corrected chi connectivity index (χ3v) is 5.03. The number of pyridine rings is 1. The molecule has 27 heavy (non-hydrogen) atoms. The van der Waals surface area contributed by atoms with Gasteiger partial charge in [0.25, 0.3) is 0 Å². The lowest BCUT2D eigenvalue weighted by Crippen LogP contribution is -2.09. The Kier molecular flexibility index (Phi) is 6.37. The smallest absolute Gasteiger partial charge is 0.127 e. The van der Waals surface area contributed by atoms with Crippen molar-refractivity contribution in [2.24, 2.45) is 0 Å². The average molecular weight is 381 g/mol. The number of aryl methyl sites for hydroxylation is 1. The van der Waals surface area contributed by atoms with Gasteiger partial charge in [-0.2, -0.15) is 0 Å². The van der Waals surface area contributed by atoms with E-state index in [1.54, 1.807) is 24.9 Å². The fourth-order valence-corrected chi connectivity index (χ4v) is 3.25. The first-order chi connectivity index (χ1) is 13.1. The number of nitrogens with zero attached hydrogens (tertiary/aromatic N) is 1. The fourth-order valence-electron chi connectivity index (χ4n) is 2.85. The molecule has 0 spiro atoms. The van der Waals surface area contributed by atoms with Gasteiger partial charge in [0.1, 0.15) is 11.6 Å². The van der Waals surface area contributed by atoms with Crippen molar-refractivity contribution in [3.63, 3.8) is 0 Å². The van der Waals surface area contributed by atoms with Crippen molar-refractivity contribution < 1.29 is 9.84 Å². The van der Waals surface area contributed by atoms with Crippen LogP contribution < -0.4 is 5.32 Å². The summed E-state index contributed by atoms with van der Waals surface area (Å²) in [6, 6.07) is 18.1. The van der Waals surface area contributed by atoms with Crippen molar-refractivity contribution in [2.45, 2.75) is 11.8 Å². The minimum atomic E-state index is 0.228. The summed E-state index contributed by atoms with van der Waals surface area (Å²) in [5, 5.41) is 13.6. The van der Waals surface area contributed by atoms with Crippen LogP contribution in [-0.4, -0.2) is 36.6 Å². The van der Waals surface area contributed by atoms with Gasteiger partial charge in [-0.1, -0.05) is 23.8 Å². The first-order valence-corrected chi connectivity index (χ1v) is 10.0. The second-order valence-corrected chi connectivity index (χ2v) is 7.17. The molecule has 0 unspecified atom stereocenters. The quantitative estimate of drug-likeness (QED) is 0.435. The molecular weight excluding hydrogens is 356 g/mol. The van der Waals surface area contributed by atoms with Gasteiger partial charge in [-0.25, -0.2) is 4.98 Å². The number of nitrogens with one attached hydrogen (secondary N) is 1. The number of rotatable bonds is 7. The van der Waals surface area contributed by atoms with Gasteiger partial charge in [0, 0.05) is 24.1 Å². The van der Waals surface area contributed by atoms with Crippen LogP contribution in [0.1, 0.15) is 5.56 Å². The van der Waals surface area contributed by atoms with E-state index in [0.717, 1.165) is 33.8 Å². The first-order valence-electron chi connectivity index (χ1n) is 8.80. The number of hydrogen-bond donors (Lipinski definition) is 2. The number of aromatic hydroxyl groups is 1. The van der Waals surface area contributed by atoms with Crippen molar-refractivity contribution in [3.8, 4) is 28.1 Å². The SMILES string of the molecule is COCCNc1cc(-c2ccc(SC)cc2)cc(-c2cc(C)ccc2O)n1. The summed E-state index contributed by atoms with van der Waals surface area (Å²) in [6.45, 7) is 3.27. The van der Waals surface area contributed by atoms with E-state index in [1.807, 2.05) is 31.2 Å². The molecular formula is C22H24N2O2S. The molecule has 4 nitrogen and oxygen atoms in total. The Morgan fingerprint density at radius 3 is 2.52 bits per heavy atom. The Balaban J connectivity index is 2.06. The molecule has 3 aromatic rings. The minimum Gasteiger partial charge on any atom is -0.507 e. The van der Waals surface area contributed by atoms with Gasteiger partial charge in [-0.3, -0.25) is 0 Å². The van der Waals surface area contributed by atoms with E-state index in [-0.39, 0.29) is 5.75 Å². The summed E-state index contributed by atoms with van der Waals surface area (Å²) in [4.78, 5) is 5.93. The predicted octanol–water partition coefficient (Wildman–Crippen LogP) is 5.21. The van der Waals surface area contributed by atoms with Crippen LogP contribution in [0.4, 0.5) is 5.82 Å². The molecule has 140 valence electrons. The Hall–Kier alpha value is -2.50. The summed E-state index contributed by atoms with van der Waals surface area (Å²) < 4.78 is 5.12. The lowest BCUT2D eigenvalue weighted by molar-refractivity contribution is 0.210. The Bertz CT molecular complexity index is 911. The molecule has 0 aliphatic heterocycles. The first kappa shape index (κ1) is 19.3. The number of ether oxygens (including phenoxy) is 1. The van der Waals surface area contributed by atoms with E-state index >= 15 is 0 Å². The molecule has 2 aromatic carbocycles. The second kappa shape index (κ2) is 8.93. The Labute approximate surface area is 164 Å². The number of benzene rings is 2. The summed E-state index contributed by atoms with van der Waals surface area (Å²) in [6.07, 6.45) is 2.07. The van der Waals surface area contributed by atoms with Crippen LogP contribution in [0.5, 0.6) is 5.75 Å². The highest BCUT2D eigenvalue weighted by Gasteiger charge is 2.11. The van der Waals surface area contributed by atoms with E-state index in [9.17, 15) is 5.11 Å². The zero-order valence-electron chi connectivity index (χ0n) is 15.8. The lowest BCUT2D eigenvalue weighted by Gasteiger charge is -2.13. The van der Waals surface area contributed by atoms with Crippen LogP contribution in [0.15, 0.2) is 59.5 Å². The average Bonchev–Trinajstić information content (AvgIpc) is 2.70. The zero-order valence-corrected chi connectivity index (χ0v) is 16.6. The van der Waals surface area contributed by atoms with Crippen molar-refractivity contribution in [1.29, 1.82) is 0 Å². The molecule has 0 aliphatic carbocycles. The molecule has 0 radical (unpaired) electrons. The molecule has 0 fully saturated rings. The van der Waals surface area contributed by atoms with Crippen LogP contribution in [0.25, 0.3) is 22.4 Å². The molecule has 0 saturated carbocycles. The lowest BCUT2D eigenvalue weighted by atomic mass is 10.0. The van der Waals surface area contributed by atoms with Gasteiger partial charge in [-0.05, 0) is 60.7 Å². The zero-order chi connectivity index (χ0) is 19.2. The number of phenolic OH excluding ortho intramolecular Hbond substituents is 1. The van der Waals surface area contributed by atoms with Crippen LogP contribution in [-0.2, 0) is 4.74 Å². The van der Waals surface area contributed by atoms with Gasteiger partial charge in [0.2, 0.25) is 0 Å². The van der Waals surface area contributed by atoms with Crippen molar-refractivity contribution in [2.75, 3.05) is 31.8 Å². The third kappa shape index (κ3) is 4.81. The topological polar surface area (TPSA) is 54.4 Å². The maximum absolute atomic E-state index is 10.3. The number of aromatic nitrogens is 1. The Morgan fingerprint density at radius 2 is 1.81 bits per heavy atom. The molecule has 0 aliphatic rings. The van der Waals surface area contributed by atoms with E-state index in [0.29, 0.717) is 13.2 Å². The standard InChI is InChI=1S/C22H24N2O2S/c1-15-4-9-21(25)19(12-15)20-13-17(14-22(24-20)23-10-11-26-2)16-5-7-18(27-3)8-6-16/h4-9,12-14,25H,10-11H2,1-3H3,(H,23,24). The monoisotopic (exact) mass is 380 g/mol. The highest BCUT2D eigenvalue weighted by molar-refractivity contribution is 7.98. The van der Waals surface area contributed by atoms with Crippen molar-refractivity contribution >= 4 is 17.6 Å². The largest absolute Gasteiger partial charge is 0.507 e. The predicted molar refractivity (Wildman–Crippen MR) is 114 cm³/mol. The summed E-state index contributed by atoms with van der Waals surface area (Å²) in [7, 11) is 1.68. The van der Waals surface area contributed by atoms with E-state index in [4.69, 9.17) is 9.72 Å². The maximum atomic E-state index is 10.3. The number of phenols is 1. The Morgan fingerprint density at radius 1 is 1.04 bits per heavy atom. The van der Waals surface area contributed by atoms with Crippen molar-refractivity contribution in [3.05, 3.63) is 60.2 Å². The number of anilines is 1. The summed E-state index contributed by atoms with van der Waals surface area (Å²) in [5.41, 5.74) is 4.70. The summed E-state index contributed by atoms with van der Waals surface area (Å²) >= 11 is 1.72. The number of methoxy groups -OCH3 is 1. The third-order valence-electron chi connectivity index (χ3n) is 4.29. The van der Waals surface area contributed by atoms with Crippen molar-refractivity contribution in [1.82, 2.24) is 4.98 Å². The highest BCUT2D eigenvalue weighted by Crippen LogP contribution is 2.33. The van der Waals surface area contributed by atoms with E-state index in [1.165, 1.54) is 4.90 Å². The van der Waals surface area contributed by atoms with Crippen LogP contribution >= 0.6 is 11.8 Å². The molecule has 3 rings (SSSR count). The number of thioether (sulfide) groups is 1. The van der Waals surface area contributed by atoms with Gasteiger partial charge in [0.05, 0.1) is 12.3 Å². The molecule has 0 saturated heterocycles. The molecule has 2 N–H and O–H groups in total. The van der Waals surface area contributed by atoms with Crippen LogP contribution in [0.3, 0.4) is 0 Å². The molecule has 0 atom stereocenters. The molecule has 0 bridgehead atoms. The van der Waals surface area contributed by atoms with E-state index in [2.05, 4.69) is 35.8 Å². The van der Waals surface area contributed by atoms with E-state index < -0.39 is 0 Å². The molecule has 0 amide bonds. The van der Waals surface area contributed by atoms with Gasteiger partial charge in [-0.15, -0.1) is 11.8 Å². The second-order valence-electron chi connectivity index (χ2n) is 6.29. The van der Waals surface area contributed by atoms with Gasteiger partial charge < -0.3 is 15.2 Å². The van der Waals surface area contributed by atoms with Gasteiger partial charge >= 0.3 is 0 Å². The van der Waals surface area contributed by atoms with Crippen LogP contribution in [0.2, 0.25) is 0 Å². The maximum Gasteiger partial charge on any atom is 0.127 e. The molecule has 1 heterocycles. The summed E-state index contributed by atoms with van der Waals surface area (Å²) in [5.74, 6) is 0.986. The van der Waals surface area contributed by atoms with Crippen LogP contribution in [0, 0.1) is 6.92 Å². The number of hydrogen-bond acceptors (Lipinski definition) is 5. The van der Waals surface area contributed by atoms with Gasteiger partial charge in [0.15, 0.2) is 0 Å². The fraction of sp³-hybridized carbons (Fsp3) is 0.227. The minimum absolute atomic E-state index is 0.228. The molecule has 1 aromatic heterocycles. The molecule has 5 heteroatoms.